The maximum absolute atomic E-state index is 13.7. The summed E-state index contributed by atoms with van der Waals surface area (Å²) in [6, 6.07) is 0. The molecule has 0 aromatic heterocycles. The summed E-state index contributed by atoms with van der Waals surface area (Å²) in [6.07, 6.45) is 7.28. The van der Waals surface area contributed by atoms with Crippen LogP contribution in [0.2, 0.25) is 0 Å². The Morgan fingerprint density at radius 2 is 1.80 bits per heavy atom. The van der Waals surface area contributed by atoms with Crippen molar-refractivity contribution in [2.75, 3.05) is 13.1 Å². The number of rotatable bonds is 2. The Morgan fingerprint density at radius 3 is 2.53 bits per heavy atom. The van der Waals surface area contributed by atoms with Gasteiger partial charge in [0.25, 0.3) is 0 Å². The molecule has 1 aliphatic heterocycles. The second-order valence-corrected chi connectivity index (χ2v) is 5.12. The Morgan fingerprint density at radius 1 is 1.07 bits per heavy atom. The number of likely N-dealkylation sites (tertiary alicyclic amines) is 1. The summed E-state index contributed by atoms with van der Waals surface area (Å²) in [5.74, 6) is 0.253. The first-order valence-corrected chi connectivity index (χ1v) is 6.41. The predicted molar refractivity (Wildman–Crippen MR) is 60.3 cm³/mol. The third kappa shape index (κ3) is 2.91. The van der Waals surface area contributed by atoms with Crippen molar-refractivity contribution in [3.05, 3.63) is 0 Å². The normalized spacial score (nSPS) is 39.2. The summed E-state index contributed by atoms with van der Waals surface area (Å²) in [7, 11) is 0. The first kappa shape index (κ1) is 11.3. The van der Waals surface area contributed by atoms with Crippen molar-refractivity contribution >= 4 is 0 Å². The number of halogens is 1. The van der Waals surface area contributed by atoms with Gasteiger partial charge in [-0.2, -0.15) is 0 Å². The van der Waals surface area contributed by atoms with Gasteiger partial charge in [0.2, 0.25) is 0 Å². The third-order valence-corrected chi connectivity index (χ3v) is 3.95. The molecule has 15 heavy (non-hydrogen) atoms. The maximum Gasteiger partial charge on any atom is 0.104 e. The van der Waals surface area contributed by atoms with Gasteiger partial charge in [-0.15, -0.1) is 0 Å². The van der Waals surface area contributed by atoms with Crippen LogP contribution < -0.4 is 5.73 Å². The lowest BCUT2D eigenvalue weighted by Crippen LogP contribution is -2.48. The molecule has 0 radical (unpaired) electrons. The molecular weight excluding hydrogens is 191 g/mol. The Balaban J connectivity index is 1.83. The minimum absolute atomic E-state index is 0.188. The largest absolute Gasteiger partial charge is 0.316 e. The minimum atomic E-state index is -0.576. The molecule has 3 heteroatoms. The average Bonchev–Trinajstić information content (AvgIpc) is 2.24. The molecule has 1 saturated heterocycles. The molecule has 3 atom stereocenters. The highest BCUT2D eigenvalue weighted by atomic mass is 19.1. The van der Waals surface area contributed by atoms with Gasteiger partial charge in [0.1, 0.15) is 6.17 Å². The van der Waals surface area contributed by atoms with Gasteiger partial charge in [-0.05, 0) is 38.6 Å². The molecule has 2 rings (SSSR count). The molecule has 3 unspecified atom stereocenters. The molecule has 2 fully saturated rings. The fraction of sp³-hybridized carbons (Fsp3) is 1.00. The monoisotopic (exact) mass is 214 g/mol. The van der Waals surface area contributed by atoms with E-state index in [9.17, 15) is 4.39 Å². The SMILES string of the molecule is NC1CCCCN1CC1CCCCC1F. The summed E-state index contributed by atoms with van der Waals surface area (Å²) in [5.41, 5.74) is 6.05. The van der Waals surface area contributed by atoms with Crippen LogP contribution >= 0.6 is 0 Å². The van der Waals surface area contributed by atoms with Gasteiger partial charge in [-0.25, -0.2) is 4.39 Å². The molecule has 0 aromatic rings. The zero-order chi connectivity index (χ0) is 10.7. The number of nitrogens with two attached hydrogens (primary N) is 1. The van der Waals surface area contributed by atoms with Gasteiger partial charge in [-0.3, -0.25) is 4.90 Å². The van der Waals surface area contributed by atoms with Crippen LogP contribution in [-0.4, -0.2) is 30.3 Å². The smallest absolute Gasteiger partial charge is 0.104 e. The van der Waals surface area contributed by atoms with E-state index in [-0.39, 0.29) is 12.1 Å². The van der Waals surface area contributed by atoms with Gasteiger partial charge in [-0.1, -0.05) is 12.8 Å². The van der Waals surface area contributed by atoms with Crippen LogP contribution in [0.15, 0.2) is 0 Å². The van der Waals surface area contributed by atoms with E-state index in [1.807, 2.05) is 0 Å². The molecule has 2 aliphatic rings. The Labute approximate surface area is 92.0 Å². The van der Waals surface area contributed by atoms with E-state index >= 15 is 0 Å². The van der Waals surface area contributed by atoms with Gasteiger partial charge >= 0.3 is 0 Å². The molecule has 0 bridgehead atoms. The predicted octanol–water partition coefficient (Wildman–Crippen LogP) is 2.29. The van der Waals surface area contributed by atoms with Crippen molar-refractivity contribution in [3.63, 3.8) is 0 Å². The van der Waals surface area contributed by atoms with Crippen LogP contribution in [0.25, 0.3) is 0 Å². The standard InChI is InChI=1S/C12H23FN2/c13-11-6-2-1-5-10(11)9-15-8-4-3-7-12(15)14/h10-12H,1-9,14H2. The van der Waals surface area contributed by atoms with Crippen molar-refractivity contribution in [1.29, 1.82) is 0 Å². The lowest BCUT2D eigenvalue weighted by molar-refractivity contribution is 0.0751. The number of alkyl halides is 1. The Hall–Kier alpha value is -0.150. The second kappa shape index (κ2) is 5.26. The fourth-order valence-electron chi connectivity index (χ4n) is 2.91. The van der Waals surface area contributed by atoms with Crippen molar-refractivity contribution in [3.8, 4) is 0 Å². The molecule has 0 amide bonds. The maximum atomic E-state index is 13.7. The zero-order valence-corrected chi connectivity index (χ0v) is 9.50. The molecule has 1 heterocycles. The highest BCUT2D eigenvalue weighted by Gasteiger charge is 2.29. The topological polar surface area (TPSA) is 29.3 Å². The van der Waals surface area contributed by atoms with Gasteiger partial charge in [0.05, 0.1) is 6.17 Å². The average molecular weight is 214 g/mol. The summed E-state index contributed by atoms with van der Waals surface area (Å²) in [5, 5.41) is 0. The lowest BCUT2D eigenvalue weighted by Gasteiger charge is -2.37. The van der Waals surface area contributed by atoms with Crippen LogP contribution in [0.3, 0.4) is 0 Å². The molecule has 0 aromatic carbocycles. The first-order valence-electron chi connectivity index (χ1n) is 6.41. The number of piperidine rings is 1. The number of nitrogens with zero attached hydrogens (tertiary/aromatic N) is 1. The summed E-state index contributed by atoms with van der Waals surface area (Å²) in [4.78, 5) is 2.30. The lowest BCUT2D eigenvalue weighted by atomic mass is 9.86. The summed E-state index contributed by atoms with van der Waals surface area (Å²) in [6.45, 7) is 1.96. The van der Waals surface area contributed by atoms with E-state index in [2.05, 4.69) is 4.90 Å². The minimum Gasteiger partial charge on any atom is -0.316 e. The molecule has 2 N–H and O–H groups in total. The van der Waals surface area contributed by atoms with Crippen molar-refractivity contribution in [1.82, 2.24) is 4.90 Å². The molecule has 0 spiro atoms. The highest BCUT2D eigenvalue weighted by molar-refractivity contribution is 4.81. The van der Waals surface area contributed by atoms with Crippen molar-refractivity contribution < 1.29 is 4.39 Å². The Kier molecular flexibility index (Phi) is 3.98. The van der Waals surface area contributed by atoms with Gasteiger partial charge < -0.3 is 5.73 Å². The van der Waals surface area contributed by atoms with Crippen LogP contribution in [-0.2, 0) is 0 Å². The zero-order valence-electron chi connectivity index (χ0n) is 9.50. The first-order chi connectivity index (χ1) is 7.27. The molecular formula is C12H23FN2. The van der Waals surface area contributed by atoms with Gasteiger partial charge in [0, 0.05) is 12.5 Å². The van der Waals surface area contributed by atoms with Gasteiger partial charge in [0.15, 0.2) is 0 Å². The van der Waals surface area contributed by atoms with E-state index in [0.29, 0.717) is 0 Å². The van der Waals surface area contributed by atoms with E-state index in [4.69, 9.17) is 5.73 Å². The van der Waals surface area contributed by atoms with Crippen LogP contribution in [0.5, 0.6) is 0 Å². The molecule has 88 valence electrons. The van der Waals surface area contributed by atoms with E-state index in [0.717, 1.165) is 38.8 Å². The Bertz CT molecular complexity index is 178. The van der Waals surface area contributed by atoms with Crippen LogP contribution in [0.4, 0.5) is 4.39 Å². The van der Waals surface area contributed by atoms with Crippen LogP contribution in [0.1, 0.15) is 44.9 Å². The second-order valence-electron chi connectivity index (χ2n) is 5.12. The van der Waals surface area contributed by atoms with Crippen molar-refractivity contribution in [2.45, 2.75) is 57.3 Å². The summed E-state index contributed by atoms with van der Waals surface area (Å²) < 4.78 is 13.7. The van der Waals surface area contributed by atoms with Crippen LogP contribution in [0, 0.1) is 5.92 Å². The van der Waals surface area contributed by atoms with Crippen molar-refractivity contribution in [2.24, 2.45) is 11.7 Å². The number of hydrogen-bond acceptors (Lipinski definition) is 2. The quantitative estimate of drug-likeness (QED) is 0.764. The van der Waals surface area contributed by atoms with E-state index in [1.165, 1.54) is 19.3 Å². The van der Waals surface area contributed by atoms with E-state index in [1.54, 1.807) is 0 Å². The number of hydrogen-bond donors (Lipinski definition) is 1. The fourth-order valence-corrected chi connectivity index (χ4v) is 2.91. The molecule has 1 saturated carbocycles. The summed E-state index contributed by atoms with van der Waals surface area (Å²) >= 11 is 0. The highest BCUT2D eigenvalue weighted by Crippen LogP contribution is 2.28. The van der Waals surface area contributed by atoms with E-state index < -0.39 is 6.17 Å². The molecule has 2 nitrogen and oxygen atoms in total. The third-order valence-electron chi connectivity index (χ3n) is 3.95. The molecule has 1 aliphatic carbocycles.